The molecule has 0 saturated carbocycles. The summed E-state index contributed by atoms with van der Waals surface area (Å²) < 4.78 is 1.83. The molecule has 1 heterocycles. The van der Waals surface area contributed by atoms with Crippen LogP contribution in [0.25, 0.3) is 10.9 Å². The second-order valence-electron chi connectivity index (χ2n) is 4.27. The molecule has 2 aromatic rings. The van der Waals surface area contributed by atoms with Crippen LogP contribution in [0.3, 0.4) is 0 Å². The molecule has 0 unspecified atom stereocenters. The molecule has 2 N–H and O–H groups in total. The molecule has 4 nitrogen and oxygen atoms in total. The minimum absolute atomic E-state index is 0. The Balaban J connectivity index is 0.00000144. The fraction of sp³-hybridized carbons (Fsp3) is 0.333. The van der Waals surface area contributed by atoms with E-state index in [2.05, 4.69) is 5.10 Å². The number of carbonyl (C=O) groups is 1. The molecule has 1 amide bonds. The molecule has 0 fully saturated rings. The molecule has 0 aliphatic rings. The van der Waals surface area contributed by atoms with Crippen LogP contribution in [0.2, 0.25) is 0 Å². The molecule has 2 rings (SSSR count). The first-order valence-corrected chi connectivity index (χ1v) is 5.29. The lowest BCUT2D eigenvalue weighted by Crippen LogP contribution is -2.13. The summed E-state index contributed by atoms with van der Waals surface area (Å²) in [7, 11) is 0. The number of aromatic nitrogens is 2. The summed E-state index contributed by atoms with van der Waals surface area (Å²) in [6.45, 7) is 6.03. The molecule has 0 bridgehead atoms. The van der Waals surface area contributed by atoms with Crippen LogP contribution in [-0.4, -0.2) is 15.7 Å². The van der Waals surface area contributed by atoms with Crippen LogP contribution in [0.4, 0.5) is 0 Å². The molecule has 1 aromatic carbocycles. The molecule has 0 aliphatic heterocycles. The number of nitrogens with zero attached hydrogens (tertiary/aromatic N) is 2. The highest BCUT2D eigenvalue weighted by molar-refractivity contribution is 6.04. The van der Waals surface area contributed by atoms with Crippen molar-refractivity contribution in [1.29, 1.82) is 0 Å². The first-order chi connectivity index (χ1) is 7.50. The van der Waals surface area contributed by atoms with Crippen molar-refractivity contribution in [3.05, 3.63) is 29.5 Å². The Morgan fingerprint density at radius 3 is 2.59 bits per heavy atom. The van der Waals surface area contributed by atoms with E-state index >= 15 is 0 Å². The van der Waals surface area contributed by atoms with E-state index in [-0.39, 0.29) is 18.4 Å². The number of fused-ring (bicyclic) bond motifs is 1. The molecule has 0 spiro atoms. The van der Waals surface area contributed by atoms with E-state index in [1.807, 2.05) is 43.7 Å². The largest absolute Gasteiger partial charge is 0.364 e. The van der Waals surface area contributed by atoms with Crippen LogP contribution in [0.5, 0.6) is 0 Å². The molecule has 17 heavy (non-hydrogen) atoms. The predicted octanol–water partition coefficient (Wildman–Crippen LogP) is 2.45. The summed E-state index contributed by atoms with van der Waals surface area (Å²) >= 11 is 0. The zero-order valence-corrected chi connectivity index (χ0v) is 10.9. The van der Waals surface area contributed by atoms with Gasteiger partial charge in [-0.15, -0.1) is 12.4 Å². The number of aryl methyl sites for hydroxylation is 1. The van der Waals surface area contributed by atoms with Gasteiger partial charge in [0.05, 0.1) is 5.52 Å². The van der Waals surface area contributed by atoms with Gasteiger partial charge < -0.3 is 5.73 Å². The maximum Gasteiger partial charge on any atom is 0.269 e. The van der Waals surface area contributed by atoms with Crippen LogP contribution in [0.15, 0.2) is 18.2 Å². The smallest absolute Gasteiger partial charge is 0.269 e. The lowest BCUT2D eigenvalue weighted by Gasteiger charge is -2.06. The summed E-state index contributed by atoms with van der Waals surface area (Å²) in [5, 5.41) is 5.11. The normalized spacial score (nSPS) is 10.6. The maximum absolute atomic E-state index is 11.3. The van der Waals surface area contributed by atoms with Crippen molar-refractivity contribution in [2.24, 2.45) is 5.73 Å². The standard InChI is InChI=1S/C12H15N3O.ClH/c1-7(2)15-10-5-4-8(3)6-9(10)11(14-15)12(13)16;/h4-7H,1-3H3,(H2,13,16);1H. The second kappa shape index (κ2) is 4.75. The summed E-state index contributed by atoms with van der Waals surface area (Å²) in [4.78, 5) is 11.3. The van der Waals surface area contributed by atoms with Gasteiger partial charge in [0.1, 0.15) is 0 Å². The van der Waals surface area contributed by atoms with E-state index < -0.39 is 5.91 Å². The average molecular weight is 254 g/mol. The second-order valence-corrected chi connectivity index (χ2v) is 4.27. The van der Waals surface area contributed by atoms with E-state index in [0.29, 0.717) is 5.69 Å². The van der Waals surface area contributed by atoms with Crippen LogP contribution in [-0.2, 0) is 0 Å². The number of nitrogens with two attached hydrogens (primary N) is 1. The summed E-state index contributed by atoms with van der Waals surface area (Å²) in [6, 6.07) is 6.14. The summed E-state index contributed by atoms with van der Waals surface area (Å²) in [5.74, 6) is -0.477. The number of hydrogen-bond donors (Lipinski definition) is 1. The third-order valence-corrected chi connectivity index (χ3v) is 2.58. The Labute approximate surface area is 106 Å². The molecule has 0 atom stereocenters. The zero-order valence-electron chi connectivity index (χ0n) is 10.1. The fourth-order valence-electron chi connectivity index (χ4n) is 1.83. The number of rotatable bonds is 2. The lowest BCUT2D eigenvalue weighted by atomic mass is 10.1. The third kappa shape index (κ3) is 2.26. The van der Waals surface area contributed by atoms with E-state index in [1.54, 1.807) is 0 Å². The first kappa shape index (κ1) is 13.5. The molecule has 0 saturated heterocycles. The molecule has 5 heteroatoms. The van der Waals surface area contributed by atoms with Crippen molar-refractivity contribution in [1.82, 2.24) is 9.78 Å². The van der Waals surface area contributed by atoms with E-state index in [1.165, 1.54) is 0 Å². The van der Waals surface area contributed by atoms with Gasteiger partial charge >= 0.3 is 0 Å². The van der Waals surface area contributed by atoms with Crippen molar-refractivity contribution >= 4 is 29.2 Å². The maximum atomic E-state index is 11.3. The topological polar surface area (TPSA) is 60.9 Å². The van der Waals surface area contributed by atoms with Gasteiger partial charge in [-0.2, -0.15) is 5.10 Å². The Bertz CT molecular complexity index is 560. The van der Waals surface area contributed by atoms with Crippen LogP contribution >= 0.6 is 12.4 Å². The van der Waals surface area contributed by atoms with Gasteiger partial charge in [-0.05, 0) is 32.9 Å². The Hall–Kier alpha value is -1.55. The third-order valence-electron chi connectivity index (χ3n) is 2.58. The molecular weight excluding hydrogens is 238 g/mol. The van der Waals surface area contributed by atoms with Gasteiger partial charge in [0, 0.05) is 11.4 Å². The Kier molecular flexibility index (Phi) is 3.78. The van der Waals surface area contributed by atoms with Crippen LogP contribution in [0, 0.1) is 6.92 Å². The van der Waals surface area contributed by atoms with Crippen molar-refractivity contribution in [3.63, 3.8) is 0 Å². The van der Waals surface area contributed by atoms with Gasteiger partial charge in [0.15, 0.2) is 5.69 Å². The molecule has 0 aliphatic carbocycles. The van der Waals surface area contributed by atoms with Crippen molar-refractivity contribution in [3.8, 4) is 0 Å². The highest BCUT2D eigenvalue weighted by Crippen LogP contribution is 2.22. The number of amides is 1. The predicted molar refractivity (Wildman–Crippen MR) is 70.6 cm³/mol. The van der Waals surface area contributed by atoms with Crippen LogP contribution < -0.4 is 5.73 Å². The monoisotopic (exact) mass is 253 g/mol. The van der Waals surface area contributed by atoms with Crippen molar-refractivity contribution in [2.75, 3.05) is 0 Å². The lowest BCUT2D eigenvalue weighted by molar-refractivity contribution is 0.0996. The van der Waals surface area contributed by atoms with Gasteiger partial charge in [-0.1, -0.05) is 11.6 Å². The van der Waals surface area contributed by atoms with E-state index in [0.717, 1.165) is 16.5 Å². The quantitative estimate of drug-likeness (QED) is 0.894. The highest BCUT2D eigenvalue weighted by Gasteiger charge is 2.15. The highest BCUT2D eigenvalue weighted by atomic mass is 35.5. The van der Waals surface area contributed by atoms with E-state index in [9.17, 15) is 4.79 Å². The average Bonchev–Trinajstić information content (AvgIpc) is 2.56. The number of halogens is 1. The van der Waals surface area contributed by atoms with Gasteiger partial charge in [0.25, 0.3) is 5.91 Å². The van der Waals surface area contributed by atoms with Crippen molar-refractivity contribution in [2.45, 2.75) is 26.8 Å². The molecule has 1 aromatic heterocycles. The van der Waals surface area contributed by atoms with Gasteiger partial charge in [-0.3, -0.25) is 9.48 Å². The van der Waals surface area contributed by atoms with Gasteiger partial charge in [0.2, 0.25) is 0 Å². The number of carbonyl (C=O) groups excluding carboxylic acids is 1. The SMILES string of the molecule is Cc1ccc2c(c1)c(C(N)=O)nn2C(C)C.Cl. The van der Waals surface area contributed by atoms with Gasteiger partial charge in [-0.25, -0.2) is 0 Å². The Morgan fingerprint density at radius 1 is 1.41 bits per heavy atom. The fourth-order valence-corrected chi connectivity index (χ4v) is 1.83. The molecular formula is C12H16ClN3O. The first-order valence-electron chi connectivity index (χ1n) is 5.29. The molecule has 0 radical (unpaired) electrons. The Morgan fingerprint density at radius 2 is 2.06 bits per heavy atom. The van der Waals surface area contributed by atoms with E-state index in [4.69, 9.17) is 5.73 Å². The summed E-state index contributed by atoms with van der Waals surface area (Å²) in [6.07, 6.45) is 0. The minimum Gasteiger partial charge on any atom is -0.364 e. The number of hydrogen-bond acceptors (Lipinski definition) is 2. The van der Waals surface area contributed by atoms with Crippen LogP contribution in [0.1, 0.15) is 35.9 Å². The zero-order chi connectivity index (χ0) is 11.9. The minimum atomic E-state index is -0.477. The van der Waals surface area contributed by atoms with Crippen molar-refractivity contribution < 1.29 is 4.79 Å². The summed E-state index contributed by atoms with van der Waals surface area (Å²) in [5.41, 5.74) is 7.73. The molecule has 92 valence electrons. The number of benzene rings is 1. The number of primary amides is 1.